The summed E-state index contributed by atoms with van der Waals surface area (Å²) in [5.41, 5.74) is 4.74. The van der Waals surface area contributed by atoms with E-state index in [9.17, 15) is 4.79 Å². The third-order valence-corrected chi connectivity index (χ3v) is 3.98. The Morgan fingerprint density at radius 3 is 2.33 bits per heavy atom. The lowest BCUT2D eigenvalue weighted by atomic mass is 10.1. The van der Waals surface area contributed by atoms with Crippen LogP contribution in [0.25, 0.3) is 6.08 Å². The molecule has 1 aliphatic heterocycles. The third kappa shape index (κ3) is 3.05. The first kappa shape index (κ1) is 15.9. The van der Waals surface area contributed by atoms with E-state index in [-0.39, 0.29) is 5.91 Å². The third-order valence-electron chi connectivity index (χ3n) is 3.69. The number of benzene rings is 2. The zero-order valence-electron chi connectivity index (χ0n) is 13.3. The maximum absolute atomic E-state index is 12.7. The number of nitrogens with one attached hydrogen (secondary N) is 1. The summed E-state index contributed by atoms with van der Waals surface area (Å²) in [6.07, 6.45) is 1.73. The van der Waals surface area contributed by atoms with Crippen molar-refractivity contribution in [1.82, 2.24) is 5.32 Å². The van der Waals surface area contributed by atoms with Gasteiger partial charge in [0.2, 0.25) is 0 Å². The minimum Gasteiger partial charge on any atom is -0.327 e. The summed E-state index contributed by atoms with van der Waals surface area (Å²) in [5.74, 6) is -0.186. The summed E-state index contributed by atoms with van der Waals surface area (Å²) in [5, 5.41) is 12.2. The zero-order valence-corrected chi connectivity index (χ0v) is 14.1. The summed E-state index contributed by atoms with van der Waals surface area (Å²) in [7, 11) is 0. The molecule has 0 radical (unpaired) electrons. The van der Waals surface area contributed by atoms with Crippen molar-refractivity contribution in [3.8, 4) is 6.07 Å². The molecule has 24 heavy (non-hydrogen) atoms. The standard InChI is InChI=1S/C19H15N3OS/c1-12-7-13(2)9-16(8-12)22-18(23)17(21-19(22)24)10-14-3-5-15(11-20)6-4-14/h3-10H,1-2H3,(H,21,24)/b17-10+. The number of carbonyl (C=O) groups is 1. The first-order chi connectivity index (χ1) is 11.5. The maximum Gasteiger partial charge on any atom is 0.281 e. The van der Waals surface area contributed by atoms with Crippen LogP contribution in [0.5, 0.6) is 0 Å². The van der Waals surface area contributed by atoms with Crippen LogP contribution < -0.4 is 10.2 Å². The van der Waals surface area contributed by atoms with Gasteiger partial charge in [0.25, 0.3) is 5.91 Å². The Morgan fingerprint density at radius 1 is 1.12 bits per heavy atom. The van der Waals surface area contributed by atoms with Crippen molar-refractivity contribution in [2.45, 2.75) is 13.8 Å². The van der Waals surface area contributed by atoms with Crippen LogP contribution in [0.15, 0.2) is 48.2 Å². The van der Waals surface area contributed by atoms with Crippen molar-refractivity contribution >= 4 is 35.0 Å². The summed E-state index contributed by atoms with van der Waals surface area (Å²) in [6.45, 7) is 3.97. The molecule has 1 N–H and O–H groups in total. The lowest BCUT2D eigenvalue weighted by Gasteiger charge is -2.15. The van der Waals surface area contributed by atoms with E-state index in [1.165, 1.54) is 4.90 Å². The smallest absolute Gasteiger partial charge is 0.281 e. The van der Waals surface area contributed by atoms with E-state index in [1.54, 1.807) is 30.3 Å². The van der Waals surface area contributed by atoms with E-state index >= 15 is 0 Å². The monoisotopic (exact) mass is 333 g/mol. The van der Waals surface area contributed by atoms with Crippen molar-refractivity contribution in [2.75, 3.05) is 4.90 Å². The fourth-order valence-electron chi connectivity index (χ4n) is 2.67. The molecule has 0 bridgehead atoms. The van der Waals surface area contributed by atoms with Gasteiger partial charge in [-0.1, -0.05) is 18.2 Å². The number of nitrogens with zero attached hydrogens (tertiary/aromatic N) is 2. The molecule has 1 amide bonds. The Labute approximate surface area is 146 Å². The lowest BCUT2D eigenvalue weighted by molar-refractivity contribution is -0.113. The average molecular weight is 333 g/mol. The first-order valence-electron chi connectivity index (χ1n) is 7.43. The summed E-state index contributed by atoms with van der Waals surface area (Å²) in [4.78, 5) is 14.2. The van der Waals surface area contributed by atoms with Gasteiger partial charge >= 0.3 is 0 Å². The molecule has 2 aromatic rings. The molecule has 0 atom stereocenters. The van der Waals surface area contributed by atoms with Crippen LogP contribution >= 0.6 is 12.2 Å². The largest absolute Gasteiger partial charge is 0.327 e. The van der Waals surface area contributed by atoms with Gasteiger partial charge < -0.3 is 5.32 Å². The molecule has 4 nitrogen and oxygen atoms in total. The van der Waals surface area contributed by atoms with Crippen LogP contribution in [0, 0.1) is 25.2 Å². The second-order valence-corrected chi connectivity index (χ2v) is 6.10. The van der Waals surface area contributed by atoms with Gasteiger partial charge in [0.05, 0.1) is 17.3 Å². The number of amides is 1. The fraction of sp³-hybridized carbons (Fsp3) is 0.105. The zero-order chi connectivity index (χ0) is 17.3. The van der Waals surface area contributed by atoms with Crippen LogP contribution in [0.1, 0.15) is 22.3 Å². The van der Waals surface area contributed by atoms with Gasteiger partial charge in [-0.3, -0.25) is 9.69 Å². The topological polar surface area (TPSA) is 56.1 Å². The minimum atomic E-state index is -0.186. The highest BCUT2D eigenvalue weighted by molar-refractivity contribution is 7.80. The van der Waals surface area contributed by atoms with Crippen LogP contribution in [-0.4, -0.2) is 11.0 Å². The number of nitriles is 1. The van der Waals surface area contributed by atoms with Gasteiger partial charge in [-0.25, -0.2) is 0 Å². The van der Waals surface area contributed by atoms with E-state index in [1.807, 2.05) is 32.0 Å². The molecule has 0 aliphatic carbocycles. The first-order valence-corrected chi connectivity index (χ1v) is 7.84. The van der Waals surface area contributed by atoms with Crippen molar-refractivity contribution in [1.29, 1.82) is 5.26 Å². The Hall–Kier alpha value is -2.97. The molecule has 0 spiro atoms. The van der Waals surface area contributed by atoms with Crippen LogP contribution in [0.3, 0.4) is 0 Å². The Morgan fingerprint density at radius 2 is 1.75 bits per heavy atom. The molecule has 1 aliphatic rings. The summed E-state index contributed by atoms with van der Waals surface area (Å²) < 4.78 is 0. The molecular weight excluding hydrogens is 318 g/mol. The Balaban J connectivity index is 1.93. The molecule has 0 saturated carbocycles. The number of carbonyl (C=O) groups excluding carboxylic acids is 1. The normalized spacial score (nSPS) is 15.5. The molecule has 0 unspecified atom stereocenters. The van der Waals surface area contributed by atoms with E-state index < -0.39 is 0 Å². The van der Waals surface area contributed by atoms with Gasteiger partial charge in [0, 0.05) is 0 Å². The molecule has 1 heterocycles. The van der Waals surface area contributed by atoms with Gasteiger partial charge in [-0.2, -0.15) is 5.26 Å². The number of thiocarbonyl (C=S) groups is 1. The predicted molar refractivity (Wildman–Crippen MR) is 98.3 cm³/mol. The van der Waals surface area contributed by atoms with E-state index in [0.717, 1.165) is 22.4 Å². The van der Waals surface area contributed by atoms with Crippen molar-refractivity contribution in [2.24, 2.45) is 0 Å². The number of hydrogen-bond acceptors (Lipinski definition) is 3. The van der Waals surface area contributed by atoms with Crippen molar-refractivity contribution in [3.05, 3.63) is 70.4 Å². The van der Waals surface area contributed by atoms with Gasteiger partial charge in [-0.15, -0.1) is 0 Å². The number of aryl methyl sites for hydroxylation is 2. The highest BCUT2D eigenvalue weighted by Gasteiger charge is 2.32. The average Bonchev–Trinajstić information content (AvgIpc) is 2.81. The second-order valence-electron chi connectivity index (χ2n) is 5.71. The molecule has 1 fully saturated rings. The van der Waals surface area contributed by atoms with E-state index in [0.29, 0.717) is 16.4 Å². The maximum atomic E-state index is 12.7. The molecule has 1 saturated heterocycles. The van der Waals surface area contributed by atoms with Crippen LogP contribution in [-0.2, 0) is 4.79 Å². The highest BCUT2D eigenvalue weighted by Crippen LogP contribution is 2.24. The SMILES string of the molecule is Cc1cc(C)cc(N2C(=O)/C(=C\c3ccc(C#N)cc3)NC2=S)c1. The van der Waals surface area contributed by atoms with E-state index in [4.69, 9.17) is 17.5 Å². The Bertz CT molecular complexity index is 887. The molecular formula is C19H15N3OS. The van der Waals surface area contributed by atoms with Gasteiger partial charge in [0.1, 0.15) is 5.70 Å². The summed E-state index contributed by atoms with van der Waals surface area (Å²) >= 11 is 5.33. The summed E-state index contributed by atoms with van der Waals surface area (Å²) in [6, 6.07) is 15.0. The molecule has 0 aromatic heterocycles. The van der Waals surface area contributed by atoms with Crippen molar-refractivity contribution < 1.29 is 4.79 Å². The predicted octanol–water partition coefficient (Wildman–Crippen LogP) is 3.44. The van der Waals surface area contributed by atoms with Crippen molar-refractivity contribution in [3.63, 3.8) is 0 Å². The number of hydrogen-bond donors (Lipinski definition) is 1. The molecule has 118 valence electrons. The van der Waals surface area contributed by atoms with Crippen LogP contribution in [0.2, 0.25) is 0 Å². The number of anilines is 1. The molecule has 2 aromatic carbocycles. The van der Waals surface area contributed by atoms with Gasteiger partial charge in [0.15, 0.2) is 5.11 Å². The second kappa shape index (κ2) is 6.26. The van der Waals surface area contributed by atoms with E-state index in [2.05, 4.69) is 11.4 Å². The van der Waals surface area contributed by atoms with Crippen LogP contribution in [0.4, 0.5) is 5.69 Å². The Kier molecular flexibility index (Phi) is 4.15. The molecule has 3 rings (SSSR count). The highest BCUT2D eigenvalue weighted by atomic mass is 32.1. The lowest BCUT2D eigenvalue weighted by Crippen LogP contribution is -2.30. The quantitative estimate of drug-likeness (QED) is 0.676. The molecule has 5 heteroatoms. The number of rotatable bonds is 2. The van der Waals surface area contributed by atoms with Gasteiger partial charge in [-0.05, 0) is 73.1 Å². The fourth-order valence-corrected chi connectivity index (χ4v) is 2.97. The minimum absolute atomic E-state index is 0.186.